The number of primary amides is 2. The SMILES string of the molecule is CCCCCCCCCCCCCCCC(=O)OCC(CSCC(N)C(=O)NCC(=O)N[C@@H](CC(N)=O)C(=O)N[C@@H](CC(N)=O)C(=O)N[C@@H](CC(=O)O)C(=O)N[C@@H](CCC(=O)O)C(=O)N[C@@H](CO)C(=O)N[C@H](C(=O)N[C@@H](CO)C(=O)N1CCC[C@H]1C(=O)N[C@@H](CCCCN)C(=O)N[C@@H](CCC(=O)O)C(=O)N[C@@H](CCCCN)C(=O)O)[C@@H](C)CC)OC(=O)CCCCCCCCCCCCCCC. The summed E-state index contributed by atoms with van der Waals surface area (Å²) in [6.45, 7) is 4.13. The van der Waals surface area contributed by atoms with E-state index >= 15 is 0 Å². The van der Waals surface area contributed by atoms with E-state index in [0.29, 0.717) is 32.1 Å². The van der Waals surface area contributed by atoms with Gasteiger partial charge in [-0.05, 0) is 96.1 Å². The number of aliphatic carboxylic acids is 4. The lowest BCUT2D eigenvalue weighted by Crippen LogP contribution is -2.62. The number of ether oxygens (including phenoxy) is 2. The quantitative estimate of drug-likeness (QED) is 0.0295. The molecule has 27 N–H and O–H groups in total. The fraction of sp³-hybridized carbons (Fsp3) is 0.780. The number of carboxylic acids is 4. The third-order valence-corrected chi connectivity index (χ3v) is 24.3. The van der Waals surface area contributed by atoms with Crippen molar-refractivity contribution >= 4 is 130 Å². The number of esters is 2. The highest BCUT2D eigenvalue weighted by Crippen LogP contribution is 2.23. The molecule has 14 amide bonds. The fourth-order valence-corrected chi connectivity index (χ4v) is 15.9. The van der Waals surface area contributed by atoms with Crippen LogP contribution in [0.3, 0.4) is 0 Å². The van der Waals surface area contributed by atoms with Crippen molar-refractivity contribution in [1.29, 1.82) is 0 Å². The summed E-state index contributed by atoms with van der Waals surface area (Å²) in [6, 6.07) is -21.3. The molecule has 45 nitrogen and oxygen atoms in total. The van der Waals surface area contributed by atoms with E-state index in [2.05, 4.69) is 67.0 Å². The second-order valence-electron chi connectivity index (χ2n) is 34.9. The maximum atomic E-state index is 14.3. The Morgan fingerprint density at radius 2 is 0.788 bits per heavy atom. The Morgan fingerprint density at radius 3 is 1.21 bits per heavy atom. The second kappa shape index (κ2) is 74.6. The molecule has 1 rings (SSSR count). The highest BCUT2D eigenvalue weighted by molar-refractivity contribution is 7.99. The zero-order valence-electron chi connectivity index (χ0n) is 80.5. The van der Waals surface area contributed by atoms with Crippen molar-refractivity contribution in [3.8, 4) is 0 Å². The van der Waals surface area contributed by atoms with Crippen LogP contribution in [0.15, 0.2) is 0 Å². The standard InChI is InChI=1S/C91H159N17O28S/c1-5-8-10-12-14-16-18-20-22-24-26-28-30-40-77(120)135-55-59(136-78(121)41-31-29-27-25-23-21-19-17-15-13-11-9-6-2)56-137-57-60(94)80(122)97-52-73(113)98-65(49-71(95)111)84(126)103-66(50-72(96)112)85(127)104-67(51-76(118)119)86(128)100-63(43-45-75(116)117)83(125)105-68(53-109)87(129)107-79(58(4)7-3)89(131)106-69(54-110)90(132)108-48-36-39-70(108)88(130)101-61(37-32-34-46-92)81(123)99-62(42-44-74(114)115)82(124)102-64(91(133)134)38-33-35-47-93/h58-70,79,109-110H,5-57,92-94H2,1-4H3,(H2,95,111)(H2,96,112)(H,97,122)(H,98,113)(H,99,123)(H,100,128)(H,101,130)(H,102,124)(H,103,126)(H,104,127)(H,105,125)(H,106,131)(H,107,129)(H,114,115)(H,116,117)(H,118,119)(H,133,134)/t58-,59?,60?,61-,62-,63-,64-,65-,66-,67-,68-,69-,70-,79-/m0/s1. The molecule has 46 heteroatoms. The minimum Gasteiger partial charge on any atom is -0.481 e. The topological polar surface area (TPSA) is 747 Å². The number of aliphatic hydroxyl groups excluding tert-OH is 2. The molecule has 1 aliphatic heterocycles. The molecule has 1 heterocycles. The van der Waals surface area contributed by atoms with E-state index in [0.717, 1.165) is 68.0 Å². The number of hydrogen-bond acceptors (Lipinski definition) is 28. The first-order valence-corrected chi connectivity index (χ1v) is 49.8. The van der Waals surface area contributed by atoms with Gasteiger partial charge in [0.05, 0.1) is 45.1 Å². The number of unbranched alkanes of at least 4 members (excludes halogenated alkanes) is 26. The third-order valence-electron chi connectivity index (χ3n) is 23.1. The number of likely N-dealkylation sites (tertiary alicyclic amines) is 1. The zero-order chi connectivity index (χ0) is 103. The Bertz CT molecular complexity index is 3740. The number of rotatable bonds is 83. The van der Waals surface area contributed by atoms with E-state index in [4.69, 9.17) is 38.1 Å². The summed E-state index contributed by atoms with van der Waals surface area (Å²) in [6.07, 6.45) is 23.5. The summed E-state index contributed by atoms with van der Waals surface area (Å²) in [4.78, 5) is 267. The predicted octanol–water partition coefficient (Wildman–Crippen LogP) is 0.748. The molecular formula is C91H159N17O28S. The summed E-state index contributed by atoms with van der Waals surface area (Å²) < 4.78 is 11.4. The molecule has 1 saturated heterocycles. The Morgan fingerprint density at radius 1 is 0.401 bits per heavy atom. The van der Waals surface area contributed by atoms with Crippen molar-refractivity contribution in [2.75, 3.05) is 57.5 Å². The van der Waals surface area contributed by atoms with E-state index in [9.17, 15) is 127 Å². The smallest absolute Gasteiger partial charge is 0.326 e. The molecule has 2 unspecified atom stereocenters. The lowest BCUT2D eigenvalue weighted by Gasteiger charge is -2.31. The lowest BCUT2D eigenvalue weighted by atomic mass is 9.97. The van der Waals surface area contributed by atoms with Crippen LogP contribution in [-0.4, -0.2) is 290 Å². The van der Waals surface area contributed by atoms with Gasteiger partial charge >= 0.3 is 35.8 Å². The number of thioether (sulfide) groups is 1. The number of amides is 14. The summed E-state index contributed by atoms with van der Waals surface area (Å²) in [5, 5.41) is 84.7. The summed E-state index contributed by atoms with van der Waals surface area (Å²) in [7, 11) is 0. The minimum atomic E-state index is -2.30. The summed E-state index contributed by atoms with van der Waals surface area (Å²) in [5.41, 5.74) is 28.3. The monoisotopic (exact) mass is 1970 g/mol. The number of nitrogens with one attached hydrogen (secondary N) is 11. The van der Waals surface area contributed by atoms with Gasteiger partial charge < -0.3 is 132 Å². The fourth-order valence-electron chi connectivity index (χ4n) is 14.9. The van der Waals surface area contributed by atoms with Crippen LogP contribution in [0.25, 0.3) is 0 Å². The molecule has 0 aromatic heterocycles. The van der Waals surface area contributed by atoms with Crippen molar-refractivity contribution < 1.29 is 136 Å². The Labute approximate surface area is 806 Å². The number of carbonyl (C=O) groups is 20. The first kappa shape index (κ1) is 125. The van der Waals surface area contributed by atoms with Gasteiger partial charge in [0.25, 0.3) is 0 Å². The number of carboxylic acid groups (broad SMARTS) is 4. The van der Waals surface area contributed by atoms with E-state index in [-0.39, 0.29) is 89.1 Å². The summed E-state index contributed by atoms with van der Waals surface area (Å²) >= 11 is 1.09. The van der Waals surface area contributed by atoms with Gasteiger partial charge in [0.1, 0.15) is 79.2 Å². The van der Waals surface area contributed by atoms with Gasteiger partial charge in [-0.25, -0.2) is 4.79 Å². The number of hydrogen-bond donors (Lipinski definition) is 22. The molecule has 0 aliphatic carbocycles. The third kappa shape index (κ3) is 56.9. The van der Waals surface area contributed by atoms with Crippen LogP contribution in [0.2, 0.25) is 0 Å². The van der Waals surface area contributed by atoms with Crippen LogP contribution in [-0.2, 0) is 105 Å². The maximum absolute atomic E-state index is 14.3. The highest BCUT2D eigenvalue weighted by Gasteiger charge is 2.42. The normalized spacial score (nSPS) is 15.1. The summed E-state index contributed by atoms with van der Waals surface area (Å²) in [5.74, 6) is -25.0. The van der Waals surface area contributed by atoms with Gasteiger partial charge in [-0.15, -0.1) is 0 Å². The highest BCUT2D eigenvalue weighted by atomic mass is 32.2. The first-order valence-electron chi connectivity index (χ1n) is 48.7. The van der Waals surface area contributed by atoms with Crippen LogP contribution in [0.1, 0.15) is 310 Å². The zero-order valence-corrected chi connectivity index (χ0v) is 81.3. The van der Waals surface area contributed by atoms with Crippen molar-refractivity contribution in [1.82, 2.24) is 63.4 Å². The van der Waals surface area contributed by atoms with E-state index < -0.39 is 268 Å². The second-order valence-corrected chi connectivity index (χ2v) is 36.0. The number of nitrogens with zero attached hydrogens (tertiary/aromatic N) is 1. The van der Waals surface area contributed by atoms with E-state index in [1.54, 1.807) is 6.92 Å². The van der Waals surface area contributed by atoms with Crippen molar-refractivity contribution in [2.45, 2.75) is 389 Å². The van der Waals surface area contributed by atoms with E-state index in [1.807, 2.05) is 5.32 Å². The average Bonchev–Trinajstić information content (AvgIpc) is 1.68. The Hall–Kier alpha value is -10.4. The molecule has 0 spiro atoms. The Balaban J connectivity index is 3.30. The number of carbonyl (C=O) groups excluding carboxylic acids is 16. The van der Waals surface area contributed by atoms with Gasteiger partial charge in [-0.3, -0.25) is 91.1 Å². The van der Waals surface area contributed by atoms with Crippen molar-refractivity contribution in [3.63, 3.8) is 0 Å². The molecule has 0 radical (unpaired) electrons. The van der Waals surface area contributed by atoms with Gasteiger partial charge in [0, 0.05) is 43.7 Å². The maximum Gasteiger partial charge on any atom is 0.326 e. The molecule has 1 fully saturated rings. The molecular weight excluding hydrogens is 1810 g/mol. The van der Waals surface area contributed by atoms with Crippen LogP contribution < -0.4 is 87.2 Å². The van der Waals surface area contributed by atoms with Crippen LogP contribution >= 0.6 is 11.8 Å². The van der Waals surface area contributed by atoms with Gasteiger partial charge in [-0.1, -0.05) is 188 Å². The van der Waals surface area contributed by atoms with Crippen LogP contribution in [0.4, 0.5) is 0 Å². The molecule has 137 heavy (non-hydrogen) atoms. The molecule has 782 valence electrons. The molecule has 0 aromatic carbocycles. The minimum absolute atomic E-state index is 0.0262. The molecule has 14 atom stereocenters. The molecule has 0 saturated carbocycles. The van der Waals surface area contributed by atoms with Crippen LogP contribution in [0.5, 0.6) is 0 Å². The van der Waals surface area contributed by atoms with Crippen LogP contribution in [0, 0.1) is 5.92 Å². The molecule has 0 bridgehead atoms. The average molecular weight is 1970 g/mol. The van der Waals surface area contributed by atoms with E-state index in [1.165, 1.54) is 110 Å². The number of aliphatic hydroxyl groups is 2. The Kier molecular flexibility index (Phi) is 67.8. The largest absolute Gasteiger partial charge is 0.481 e. The van der Waals surface area contributed by atoms with Gasteiger partial charge in [-0.2, -0.15) is 11.8 Å². The molecule has 0 aromatic rings. The molecule has 1 aliphatic rings. The lowest BCUT2D eigenvalue weighted by molar-refractivity contribution is -0.157. The first-order chi connectivity index (χ1) is 65.3. The van der Waals surface area contributed by atoms with Crippen molar-refractivity contribution in [3.05, 3.63) is 0 Å². The van der Waals surface area contributed by atoms with Gasteiger partial charge in [0.2, 0.25) is 82.7 Å². The van der Waals surface area contributed by atoms with Gasteiger partial charge in [0.15, 0.2) is 0 Å². The van der Waals surface area contributed by atoms with Crippen molar-refractivity contribution in [2.24, 2.45) is 34.6 Å². The number of nitrogens with two attached hydrogens (primary N) is 5. The predicted molar refractivity (Wildman–Crippen MR) is 505 cm³/mol.